The molecule has 0 bridgehead atoms. The number of carboxylic acid groups (broad SMARTS) is 1. The fourth-order valence-electron chi connectivity index (χ4n) is 5.05. The van der Waals surface area contributed by atoms with Gasteiger partial charge in [0.15, 0.2) is 0 Å². The van der Waals surface area contributed by atoms with E-state index < -0.39 is 5.97 Å². The first-order valence-electron chi connectivity index (χ1n) is 11.6. The molecule has 1 aromatic heterocycles. The predicted octanol–water partition coefficient (Wildman–Crippen LogP) is 7.51. The van der Waals surface area contributed by atoms with Gasteiger partial charge in [-0.3, -0.25) is 0 Å². The number of hydrogen-bond donors (Lipinski definition) is 2. The molecule has 0 radical (unpaired) electrons. The molecule has 172 valence electrons. The highest BCUT2D eigenvalue weighted by Crippen LogP contribution is 2.44. The first-order valence-corrected chi connectivity index (χ1v) is 12.0. The first-order chi connectivity index (χ1) is 16.5. The minimum Gasteiger partial charge on any atom is -0.494 e. The number of nitrogens with zero attached hydrogens (tertiary/aromatic N) is 1. The number of para-hydroxylation sites is 1. The lowest BCUT2D eigenvalue weighted by Gasteiger charge is -2.20. The van der Waals surface area contributed by atoms with Crippen LogP contribution in [0.15, 0.2) is 78.4 Å². The van der Waals surface area contributed by atoms with E-state index in [1.165, 1.54) is 12.0 Å². The molecular weight excluding hydrogens is 446 g/mol. The molecule has 1 saturated carbocycles. The number of hydrogen-bond acceptors (Lipinski definition) is 2. The quantitative estimate of drug-likeness (QED) is 0.316. The number of halogens is 1. The normalized spacial score (nSPS) is 13.9. The summed E-state index contributed by atoms with van der Waals surface area (Å²) in [6.07, 6.45) is 5.54. The summed E-state index contributed by atoms with van der Waals surface area (Å²) >= 11 is 6.19. The average Bonchev–Trinajstić information content (AvgIpc) is 3.13. The summed E-state index contributed by atoms with van der Waals surface area (Å²) in [5, 5.41) is 22.7. The molecule has 1 fully saturated rings. The van der Waals surface area contributed by atoms with E-state index >= 15 is 0 Å². The fraction of sp³-hybridized carbons (Fsp3) is 0.207. The molecule has 1 aliphatic carbocycles. The topological polar surface area (TPSA) is 62.5 Å². The zero-order chi connectivity index (χ0) is 23.7. The van der Waals surface area contributed by atoms with Crippen molar-refractivity contribution in [1.29, 1.82) is 0 Å². The van der Waals surface area contributed by atoms with Crippen molar-refractivity contribution >= 4 is 34.0 Å². The van der Waals surface area contributed by atoms with Crippen molar-refractivity contribution in [2.75, 3.05) is 0 Å². The van der Waals surface area contributed by atoms with E-state index in [4.69, 9.17) is 11.6 Å². The highest BCUT2D eigenvalue weighted by atomic mass is 35.5. The van der Waals surface area contributed by atoms with Crippen molar-refractivity contribution in [2.24, 2.45) is 0 Å². The molecule has 0 atom stereocenters. The van der Waals surface area contributed by atoms with Crippen LogP contribution in [0.5, 0.6) is 5.88 Å². The van der Waals surface area contributed by atoms with Gasteiger partial charge >= 0.3 is 5.97 Å². The Bertz CT molecular complexity index is 1390. The van der Waals surface area contributed by atoms with Gasteiger partial charge in [-0.1, -0.05) is 66.1 Å². The summed E-state index contributed by atoms with van der Waals surface area (Å²) in [5.74, 6) is -0.763. The molecular formula is C29H26ClNO3. The molecule has 4 nitrogen and oxygen atoms in total. The number of rotatable bonds is 5. The van der Waals surface area contributed by atoms with Crippen LogP contribution in [-0.2, 0) is 6.54 Å². The first kappa shape index (κ1) is 22.3. The van der Waals surface area contributed by atoms with Gasteiger partial charge in [0.25, 0.3) is 0 Å². The van der Waals surface area contributed by atoms with Crippen LogP contribution >= 0.6 is 11.6 Å². The van der Waals surface area contributed by atoms with Crippen LogP contribution in [0.25, 0.3) is 16.5 Å². The zero-order valence-electron chi connectivity index (χ0n) is 18.8. The Balaban J connectivity index is 1.71. The van der Waals surface area contributed by atoms with E-state index in [-0.39, 0.29) is 11.4 Å². The van der Waals surface area contributed by atoms with Crippen molar-refractivity contribution < 1.29 is 15.0 Å². The monoisotopic (exact) mass is 471 g/mol. The van der Waals surface area contributed by atoms with Crippen molar-refractivity contribution in [2.45, 2.75) is 38.6 Å². The summed E-state index contributed by atoms with van der Waals surface area (Å²) in [6, 6.07) is 22.7. The van der Waals surface area contributed by atoms with Crippen LogP contribution in [0.4, 0.5) is 0 Å². The molecule has 1 aliphatic rings. The summed E-state index contributed by atoms with van der Waals surface area (Å²) in [7, 11) is 0. The molecule has 0 amide bonds. The van der Waals surface area contributed by atoms with Gasteiger partial charge in [0.05, 0.1) is 23.2 Å². The number of aromatic carboxylic acids is 1. The van der Waals surface area contributed by atoms with E-state index in [1.807, 2.05) is 59.2 Å². The molecule has 4 aromatic rings. The molecule has 5 rings (SSSR count). The van der Waals surface area contributed by atoms with Gasteiger partial charge in [0.1, 0.15) is 0 Å². The van der Waals surface area contributed by atoms with Gasteiger partial charge in [0, 0.05) is 10.4 Å². The maximum Gasteiger partial charge on any atom is 0.335 e. The minimum atomic E-state index is -0.962. The number of benzene rings is 3. The molecule has 0 aliphatic heterocycles. The van der Waals surface area contributed by atoms with Gasteiger partial charge in [-0.15, -0.1) is 0 Å². The van der Waals surface area contributed by atoms with Crippen LogP contribution in [-0.4, -0.2) is 20.7 Å². The lowest BCUT2D eigenvalue weighted by Crippen LogP contribution is -2.03. The summed E-state index contributed by atoms with van der Waals surface area (Å²) in [5.41, 5.74) is 6.30. The van der Waals surface area contributed by atoms with Crippen molar-refractivity contribution in [3.05, 3.63) is 106 Å². The number of carbonyl (C=O) groups is 1. The van der Waals surface area contributed by atoms with Crippen molar-refractivity contribution in [3.8, 4) is 5.88 Å². The van der Waals surface area contributed by atoms with Crippen molar-refractivity contribution in [1.82, 2.24) is 4.57 Å². The largest absolute Gasteiger partial charge is 0.494 e. The van der Waals surface area contributed by atoms with Crippen LogP contribution in [0.1, 0.15) is 59.2 Å². The molecule has 0 saturated heterocycles. The predicted molar refractivity (Wildman–Crippen MR) is 137 cm³/mol. The molecule has 3 aromatic carbocycles. The highest BCUT2D eigenvalue weighted by molar-refractivity contribution is 6.30. The fourth-order valence-corrected chi connectivity index (χ4v) is 5.18. The molecule has 34 heavy (non-hydrogen) atoms. The Kier molecular flexibility index (Phi) is 6.16. The zero-order valence-corrected chi connectivity index (χ0v) is 19.6. The second-order valence-corrected chi connectivity index (χ2v) is 9.29. The SMILES string of the molecule is O=C(O)c1cccc(Cn2c(O)c(C(=C3CCCCC3)c3ccc(Cl)cc3)c3ccccc32)c1. The number of fused-ring (bicyclic) bond motifs is 1. The average molecular weight is 472 g/mol. The maximum atomic E-state index is 11.7. The van der Waals surface area contributed by atoms with Crippen LogP contribution in [0.3, 0.4) is 0 Å². The second-order valence-electron chi connectivity index (χ2n) is 8.85. The third-order valence-corrected chi connectivity index (χ3v) is 6.90. The molecule has 2 N–H and O–H groups in total. The minimum absolute atomic E-state index is 0.199. The Morgan fingerprint density at radius 2 is 1.62 bits per heavy atom. The van der Waals surface area contributed by atoms with E-state index in [2.05, 4.69) is 0 Å². The van der Waals surface area contributed by atoms with E-state index in [1.54, 1.807) is 18.2 Å². The standard InChI is InChI=1S/C29H26ClNO3/c30-23-15-13-21(14-16-23)26(20-8-2-1-3-9-20)27-24-11-4-5-12-25(24)31(28(27)32)18-19-7-6-10-22(17-19)29(33)34/h4-7,10-17,32H,1-3,8-9,18H2,(H,33,34). The van der Waals surface area contributed by atoms with Gasteiger partial charge in [-0.05, 0) is 72.7 Å². The maximum absolute atomic E-state index is 11.7. The second kappa shape index (κ2) is 9.40. The van der Waals surface area contributed by atoms with E-state index in [0.29, 0.717) is 11.6 Å². The smallest absolute Gasteiger partial charge is 0.335 e. The summed E-state index contributed by atoms with van der Waals surface area (Å²) in [6.45, 7) is 0.372. The van der Waals surface area contributed by atoms with E-state index in [9.17, 15) is 15.0 Å². The molecule has 0 spiro atoms. The van der Waals surface area contributed by atoms with Crippen LogP contribution < -0.4 is 0 Å². The van der Waals surface area contributed by atoms with Gasteiger partial charge in [0.2, 0.25) is 5.88 Å². The Morgan fingerprint density at radius 3 is 2.35 bits per heavy atom. The lowest BCUT2D eigenvalue weighted by atomic mass is 9.85. The Labute approximate surface area is 203 Å². The Hall–Kier alpha value is -3.50. The number of carboxylic acids is 1. The number of allylic oxidation sites excluding steroid dienone is 1. The lowest BCUT2D eigenvalue weighted by molar-refractivity contribution is 0.0696. The molecule has 0 unspecified atom stereocenters. The van der Waals surface area contributed by atoms with Crippen LogP contribution in [0, 0.1) is 0 Å². The van der Waals surface area contributed by atoms with Gasteiger partial charge in [-0.25, -0.2) is 4.79 Å². The summed E-state index contributed by atoms with van der Waals surface area (Å²) in [4.78, 5) is 11.5. The third-order valence-electron chi connectivity index (χ3n) is 6.65. The van der Waals surface area contributed by atoms with Crippen LogP contribution in [0.2, 0.25) is 5.02 Å². The summed E-state index contributed by atoms with van der Waals surface area (Å²) < 4.78 is 1.88. The highest BCUT2D eigenvalue weighted by Gasteiger charge is 2.24. The van der Waals surface area contributed by atoms with E-state index in [0.717, 1.165) is 58.8 Å². The van der Waals surface area contributed by atoms with Gasteiger partial charge < -0.3 is 14.8 Å². The Morgan fingerprint density at radius 1 is 0.882 bits per heavy atom. The number of aromatic nitrogens is 1. The van der Waals surface area contributed by atoms with Crippen molar-refractivity contribution in [3.63, 3.8) is 0 Å². The number of aromatic hydroxyl groups is 1. The molecule has 5 heteroatoms. The van der Waals surface area contributed by atoms with Gasteiger partial charge in [-0.2, -0.15) is 0 Å². The molecule has 1 heterocycles. The third kappa shape index (κ3) is 4.22.